The highest BCUT2D eigenvalue weighted by molar-refractivity contribution is 5.81. The summed E-state index contributed by atoms with van der Waals surface area (Å²) in [6.07, 6.45) is 5.30. The lowest BCUT2D eigenvalue weighted by atomic mass is 9.83. The molecular formula is C10H19NO2. The lowest BCUT2D eigenvalue weighted by molar-refractivity contribution is -0.143. The molecule has 3 nitrogen and oxygen atoms in total. The quantitative estimate of drug-likeness (QED) is 0.680. The number of rotatable bonds is 4. The van der Waals surface area contributed by atoms with Gasteiger partial charge in [0.1, 0.15) is 0 Å². The summed E-state index contributed by atoms with van der Waals surface area (Å²) in [5.41, 5.74) is 2.40. The van der Waals surface area contributed by atoms with Gasteiger partial charge in [-0.25, -0.2) is 5.48 Å². The Labute approximate surface area is 79.8 Å². The molecule has 0 aliphatic heterocycles. The van der Waals surface area contributed by atoms with Crippen LogP contribution >= 0.6 is 0 Å². The normalized spacial score (nSPS) is 20.2. The Morgan fingerprint density at radius 1 is 1.38 bits per heavy atom. The van der Waals surface area contributed by atoms with Crippen LogP contribution in [-0.2, 0) is 9.63 Å². The van der Waals surface area contributed by atoms with Crippen LogP contribution in [0, 0.1) is 5.41 Å². The number of amides is 1. The Balaban J connectivity index is 2.49. The zero-order chi connectivity index (χ0) is 9.73. The third-order valence-electron chi connectivity index (χ3n) is 3.03. The van der Waals surface area contributed by atoms with Crippen molar-refractivity contribution in [2.24, 2.45) is 5.41 Å². The Kier molecular flexibility index (Phi) is 3.72. The Hall–Kier alpha value is -0.570. The van der Waals surface area contributed by atoms with E-state index in [1.807, 2.05) is 6.92 Å². The van der Waals surface area contributed by atoms with Crippen molar-refractivity contribution in [2.45, 2.75) is 46.0 Å². The zero-order valence-electron chi connectivity index (χ0n) is 8.56. The molecule has 0 spiro atoms. The second-order valence-corrected chi connectivity index (χ2v) is 3.71. The Morgan fingerprint density at radius 3 is 2.46 bits per heavy atom. The fourth-order valence-electron chi connectivity index (χ4n) is 2.04. The van der Waals surface area contributed by atoms with Gasteiger partial charge < -0.3 is 0 Å². The number of hydrogen-bond donors (Lipinski definition) is 1. The summed E-state index contributed by atoms with van der Waals surface area (Å²) in [7, 11) is 0. The molecule has 1 saturated carbocycles. The van der Waals surface area contributed by atoms with E-state index >= 15 is 0 Å². The number of carbonyl (C=O) groups excluding carboxylic acids is 1. The highest BCUT2D eigenvalue weighted by Crippen LogP contribution is 2.40. The van der Waals surface area contributed by atoms with Crippen LogP contribution in [0.1, 0.15) is 46.0 Å². The summed E-state index contributed by atoms with van der Waals surface area (Å²) in [6.45, 7) is 4.48. The van der Waals surface area contributed by atoms with Gasteiger partial charge in [0.05, 0.1) is 12.0 Å². The minimum atomic E-state index is -0.130. The van der Waals surface area contributed by atoms with E-state index in [0.29, 0.717) is 6.61 Å². The van der Waals surface area contributed by atoms with Crippen molar-refractivity contribution < 1.29 is 9.63 Å². The molecule has 0 bridgehead atoms. The molecule has 0 saturated heterocycles. The molecule has 1 aliphatic rings. The smallest absolute Gasteiger partial charge is 0.249 e. The van der Waals surface area contributed by atoms with E-state index in [-0.39, 0.29) is 11.3 Å². The van der Waals surface area contributed by atoms with Crippen LogP contribution in [0.15, 0.2) is 0 Å². The lowest BCUT2D eigenvalue weighted by Crippen LogP contribution is -2.38. The predicted octanol–water partition coefficient (Wildman–Crippen LogP) is 2.02. The van der Waals surface area contributed by atoms with Gasteiger partial charge in [0.25, 0.3) is 0 Å². The molecule has 1 fully saturated rings. The third kappa shape index (κ3) is 2.21. The van der Waals surface area contributed by atoms with Crippen molar-refractivity contribution in [3.63, 3.8) is 0 Å². The van der Waals surface area contributed by atoms with Crippen molar-refractivity contribution >= 4 is 5.91 Å². The van der Waals surface area contributed by atoms with Gasteiger partial charge >= 0.3 is 0 Å². The van der Waals surface area contributed by atoms with Crippen molar-refractivity contribution in [2.75, 3.05) is 6.61 Å². The molecule has 1 N–H and O–H groups in total. The van der Waals surface area contributed by atoms with Crippen molar-refractivity contribution in [1.29, 1.82) is 0 Å². The Morgan fingerprint density at radius 2 is 2.00 bits per heavy atom. The first-order valence-corrected chi connectivity index (χ1v) is 5.17. The average Bonchev–Trinajstić information content (AvgIpc) is 2.63. The summed E-state index contributed by atoms with van der Waals surface area (Å²) >= 11 is 0. The van der Waals surface area contributed by atoms with E-state index < -0.39 is 0 Å². The van der Waals surface area contributed by atoms with Crippen molar-refractivity contribution in [1.82, 2.24) is 5.48 Å². The fourth-order valence-corrected chi connectivity index (χ4v) is 2.04. The van der Waals surface area contributed by atoms with Crippen LogP contribution in [0.2, 0.25) is 0 Å². The molecule has 1 rings (SSSR count). The van der Waals surface area contributed by atoms with Crippen LogP contribution in [0.25, 0.3) is 0 Å². The first-order valence-electron chi connectivity index (χ1n) is 5.17. The van der Waals surface area contributed by atoms with Gasteiger partial charge in [-0.15, -0.1) is 0 Å². The van der Waals surface area contributed by atoms with Gasteiger partial charge in [0.15, 0.2) is 0 Å². The van der Waals surface area contributed by atoms with E-state index in [1.54, 1.807) is 0 Å². The molecule has 13 heavy (non-hydrogen) atoms. The summed E-state index contributed by atoms with van der Waals surface area (Å²) in [6, 6.07) is 0. The molecule has 0 aromatic heterocycles. The maximum Gasteiger partial charge on any atom is 0.249 e. The van der Waals surface area contributed by atoms with Gasteiger partial charge in [-0.3, -0.25) is 9.63 Å². The van der Waals surface area contributed by atoms with Crippen molar-refractivity contribution in [3.05, 3.63) is 0 Å². The minimum absolute atomic E-state index is 0.0781. The maximum atomic E-state index is 11.7. The molecule has 0 aromatic carbocycles. The fraction of sp³-hybridized carbons (Fsp3) is 0.900. The van der Waals surface area contributed by atoms with Gasteiger partial charge in [0, 0.05) is 0 Å². The molecule has 1 amide bonds. The third-order valence-corrected chi connectivity index (χ3v) is 3.03. The first-order chi connectivity index (χ1) is 6.25. The predicted molar refractivity (Wildman–Crippen MR) is 51.0 cm³/mol. The molecule has 0 aromatic rings. The summed E-state index contributed by atoms with van der Waals surface area (Å²) in [5, 5.41) is 0. The summed E-state index contributed by atoms with van der Waals surface area (Å²) in [5.74, 6) is 0.0781. The van der Waals surface area contributed by atoms with Crippen LogP contribution in [0.3, 0.4) is 0 Å². The number of nitrogens with one attached hydrogen (secondary N) is 1. The second kappa shape index (κ2) is 4.61. The Bertz CT molecular complexity index is 174. The summed E-state index contributed by atoms with van der Waals surface area (Å²) in [4.78, 5) is 16.7. The van der Waals surface area contributed by atoms with Gasteiger partial charge in [-0.1, -0.05) is 19.8 Å². The van der Waals surface area contributed by atoms with Gasteiger partial charge in [0.2, 0.25) is 5.91 Å². The molecule has 3 heteroatoms. The van der Waals surface area contributed by atoms with Crippen LogP contribution in [0.4, 0.5) is 0 Å². The molecule has 76 valence electrons. The monoisotopic (exact) mass is 185 g/mol. The molecule has 0 radical (unpaired) electrons. The molecule has 0 atom stereocenters. The van der Waals surface area contributed by atoms with E-state index in [4.69, 9.17) is 4.84 Å². The highest BCUT2D eigenvalue weighted by Gasteiger charge is 2.39. The standard InChI is InChI=1S/C10H19NO2/c1-3-10(7-5-6-8-10)9(12)11-13-4-2/h3-8H2,1-2H3,(H,11,12). The average molecular weight is 185 g/mol. The van der Waals surface area contributed by atoms with Gasteiger partial charge in [-0.05, 0) is 26.2 Å². The molecule has 0 heterocycles. The number of hydroxylamine groups is 1. The summed E-state index contributed by atoms with van der Waals surface area (Å²) < 4.78 is 0. The molecule has 0 unspecified atom stereocenters. The largest absolute Gasteiger partial charge is 0.274 e. The van der Waals surface area contributed by atoms with Crippen molar-refractivity contribution in [3.8, 4) is 0 Å². The highest BCUT2D eigenvalue weighted by atomic mass is 16.6. The number of carbonyl (C=O) groups is 1. The van der Waals surface area contributed by atoms with Crippen LogP contribution in [0.5, 0.6) is 0 Å². The van der Waals surface area contributed by atoms with Gasteiger partial charge in [-0.2, -0.15) is 0 Å². The SMILES string of the molecule is CCONC(=O)C1(CC)CCCC1. The minimum Gasteiger partial charge on any atom is -0.274 e. The van der Waals surface area contributed by atoms with E-state index in [0.717, 1.165) is 19.3 Å². The van der Waals surface area contributed by atoms with E-state index in [9.17, 15) is 4.79 Å². The lowest BCUT2D eigenvalue weighted by Gasteiger charge is -2.25. The van der Waals surface area contributed by atoms with Crippen LogP contribution < -0.4 is 5.48 Å². The maximum absolute atomic E-state index is 11.7. The van der Waals surface area contributed by atoms with E-state index in [2.05, 4.69) is 12.4 Å². The van der Waals surface area contributed by atoms with Crippen LogP contribution in [-0.4, -0.2) is 12.5 Å². The first kappa shape index (κ1) is 10.5. The second-order valence-electron chi connectivity index (χ2n) is 3.71. The number of hydrogen-bond acceptors (Lipinski definition) is 2. The molecular weight excluding hydrogens is 166 g/mol. The zero-order valence-corrected chi connectivity index (χ0v) is 8.56. The van der Waals surface area contributed by atoms with E-state index in [1.165, 1.54) is 12.8 Å². The molecule has 1 aliphatic carbocycles. The topological polar surface area (TPSA) is 38.3 Å².